The molecule has 5 heteroatoms. The molecule has 72 valence electrons. The van der Waals surface area contributed by atoms with Gasteiger partial charge in [0.1, 0.15) is 6.04 Å². The van der Waals surface area contributed by atoms with Crippen molar-refractivity contribution in [2.24, 2.45) is 0 Å². The smallest absolute Gasteiger partial charge is 0.377 e. The minimum atomic E-state index is -0.636. The molecule has 4 nitrogen and oxygen atoms in total. The van der Waals surface area contributed by atoms with Gasteiger partial charge in [0.15, 0.2) is 0 Å². The number of carbonyl (C=O) groups excluding carboxylic acids is 1. The van der Waals surface area contributed by atoms with Crippen LogP contribution in [-0.2, 0) is 9.53 Å². The van der Waals surface area contributed by atoms with E-state index in [1.165, 1.54) is 7.11 Å². The first kappa shape index (κ1) is 10.3. The molecular formula is C8H14BNO3. The fraction of sp³-hybridized carbons (Fsp3) is 0.625. The second kappa shape index (κ2) is 3.94. The molecule has 1 rings (SSSR count). The van der Waals surface area contributed by atoms with Crippen LogP contribution in [0.2, 0.25) is 6.82 Å². The largest absolute Gasteiger partial charge is 0.468 e. The van der Waals surface area contributed by atoms with E-state index < -0.39 is 7.05 Å². The third-order valence-corrected chi connectivity index (χ3v) is 2.24. The predicted octanol–water partition coefficient (Wildman–Crippen LogP) is -0.0998. The highest BCUT2D eigenvalue weighted by Gasteiger charge is 2.37. The van der Waals surface area contributed by atoms with Crippen LogP contribution >= 0.6 is 0 Å². The normalized spacial score (nSPS) is 23.3. The van der Waals surface area contributed by atoms with Crippen molar-refractivity contribution in [1.82, 2.24) is 4.81 Å². The summed E-state index contributed by atoms with van der Waals surface area (Å²) < 4.78 is 4.63. The molecule has 0 spiro atoms. The highest BCUT2D eigenvalue weighted by Crippen LogP contribution is 2.22. The zero-order chi connectivity index (χ0) is 10.0. The maximum atomic E-state index is 11.3. The summed E-state index contributed by atoms with van der Waals surface area (Å²) in [5, 5.41) is 9.36. The highest BCUT2D eigenvalue weighted by atomic mass is 16.5. The Labute approximate surface area is 78.3 Å². The van der Waals surface area contributed by atoms with Gasteiger partial charge in [-0.25, -0.2) is 0 Å². The number of carbonyl (C=O) groups is 1. The van der Waals surface area contributed by atoms with Crippen molar-refractivity contribution in [1.29, 1.82) is 0 Å². The highest BCUT2D eigenvalue weighted by molar-refractivity contribution is 6.46. The fourth-order valence-electron chi connectivity index (χ4n) is 1.57. The Hall–Kier alpha value is -0.805. The summed E-state index contributed by atoms with van der Waals surface area (Å²) in [5.74, 6) is -0.306. The summed E-state index contributed by atoms with van der Waals surface area (Å²) in [6, 6.07) is -0.363. The van der Waals surface area contributed by atoms with Gasteiger partial charge in [-0.05, 0) is 13.2 Å². The van der Waals surface area contributed by atoms with E-state index >= 15 is 0 Å². The number of rotatable bonds is 2. The van der Waals surface area contributed by atoms with Crippen molar-refractivity contribution in [3.63, 3.8) is 0 Å². The van der Waals surface area contributed by atoms with Crippen LogP contribution in [0.5, 0.6) is 0 Å². The number of ether oxygens (including phenoxy) is 1. The summed E-state index contributed by atoms with van der Waals surface area (Å²) in [7, 11) is 0.715. The molecule has 0 aromatic carbocycles. The van der Waals surface area contributed by atoms with Gasteiger partial charge >= 0.3 is 13.0 Å². The first-order valence-electron chi connectivity index (χ1n) is 4.24. The minimum Gasteiger partial charge on any atom is -0.468 e. The van der Waals surface area contributed by atoms with E-state index in [2.05, 4.69) is 11.3 Å². The van der Waals surface area contributed by atoms with Crippen LogP contribution in [0.4, 0.5) is 0 Å². The average molecular weight is 183 g/mol. The molecular weight excluding hydrogens is 169 g/mol. The van der Waals surface area contributed by atoms with Gasteiger partial charge in [-0.15, -0.1) is 0 Å². The quantitative estimate of drug-likeness (QED) is 0.369. The van der Waals surface area contributed by atoms with Gasteiger partial charge in [-0.3, -0.25) is 4.79 Å². The van der Waals surface area contributed by atoms with Crippen LogP contribution in [0.3, 0.4) is 0 Å². The van der Waals surface area contributed by atoms with Crippen LogP contribution in [0.1, 0.15) is 6.42 Å². The Kier molecular flexibility index (Phi) is 3.11. The summed E-state index contributed by atoms with van der Waals surface area (Å²) in [4.78, 5) is 12.9. The molecule has 1 saturated heterocycles. The molecule has 13 heavy (non-hydrogen) atoms. The number of nitrogens with zero attached hydrogens (tertiary/aromatic N) is 1. The van der Waals surface area contributed by atoms with Crippen molar-refractivity contribution in [2.75, 3.05) is 13.7 Å². The van der Waals surface area contributed by atoms with E-state index in [4.69, 9.17) is 0 Å². The van der Waals surface area contributed by atoms with Crippen LogP contribution in [0.25, 0.3) is 0 Å². The maximum absolute atomic E-state index is 11.3. The SMILES string of the molecule is C=C1C[C@@H](C(=O)OC)N(B(C)O)C1. The molecule has 1 aliphatic heterocycles. The summed E-state index contributed by atoms with van der Waals surface area (Å²) in [6.45, 7) is 5.99. The van der Waals surface area contributed by atoms with E-state index in [-0.39, 0.29) is 12.0 Å². The van der Waals surface area contributed by atoms with E-state index in [1.807, 2.05) is 0 Å². The lowest BCUT2D eigenvalue weighted by atomic mass is 9.84. The topological polar surface area (TPSA) is 49.8 Å². The molecule has 1 N–H and O–H groups in total. The molecule has 1 aliphatic rings. The molecule has 0 aromatic heterocycles. The molecule has 0 saturated carbocycles. The van der Waals surface area contributed by atoms with Gasteiger partial charge in [0.05, 0.1) is 7.11 Å². The van der Waals surface area contributed by atoms with Crippen molar-refractivity contribution in [3.8, 4) is 0 Å². The van der Waals surface area contributed by atoms with Crippen molar-refractivity contribution in [3.05, 3.63) is 12.2 Å². The Morgan fingerprint density at radius 3 is 2.92 bits per heavy atom. The zero-order valence-electron chi connectivity index (χ0n) is 7.99. The van der Waals surface area contributed by atoms with Crippen LogP contribution in [-0.4, -0.2) is 42.6 Å². The van der Waals surface area contributed by atoms with Gasteiger partial charge < -0.3 is 14.6 Å². The second-order valence-corrected chi connectivity index (χ2v) is 3.30. The van der Waals surface area contributed by atoms with Gasteiger partial charge in [0, 0.05) is 6.54 Å². The lowest BCUT2D eigenvalue weighted by Crippen LogP contribution is -2.45. The Bertz CT molecular complexity index is 229. The summed E-state index contributed by atoms with van der Waals surface area (Å²) in [6.07, 6.45) is 0.581. The first-order valence-corrected chi connectivity index (χ1v) is 4.24. The molecule has 0 radical (unpaired) electrons. The molecule has 1 heterocycles. The molecule has 0 unspecified atom stereocenters. The van der Waals surface area contributed by atoms with Gasteiger partial charge in [0.25, 0.3) is 0 Å². The van der Waals surface area contributed by atoms with Crippen LogP contribution in [0, 0.1) is 0 Å². The Balaban J connectivity index is 2.71. The van der Waals surface area contributed by atoms with Gasteiger partial charge in [0.2, 0.25) is 0 Å². The standard InChI is InChI=1S/C8H14BNO3/c1-6-4-7(8(11)13-3)10(5-6)9(2)12/h7,12H,1,4-5H2,2-3H3/t7-/m0/s1. The number of hydrogen-bond acceptors (Lipinski definition) is 4. The summed E-state index contributed by atoms with van der Waals surface area (Å²) in [5.41, 5.74) is 0.955. The lowest BCUT2D eigenvalue weighted by molar-refractivity contribution is -0.144. The molecule has 0 bridgehead atoms. The van der Waals surface area contributed by atoms with Crippen LogP contribution < -0.4 is 0 Å². The number of hydrogen-bond donors (Lipinski definition) is 1. The summed E-state index contributed by atoms with van der Waals surface area (Å²) >= 11 is 0. The zero-order valence-corrected chi connectivity index (χ0v) is 7.99. The van der Waals surface area contributed by atoms with E-state index in [9.17, 15) is 9.82 Å². The maximum Gasteiger partial charge on any atom is 0.377 e. The molecule has 1 atom stereocenters. The lowest BCUT2D eigenvalue weighted by Gasteiger charge is -2.22. The van der Waals surface area contributed by atoms with E-state index in [0.717, 1.165) is 5.57 Å². The monoisotopic (exact) mass is 183 g/mol. The van der Waals surface area contributed by atoms with Gasteiger partial charge in [-0.2, -0.15) is 0 Å². The third-order valence-electron chi connectivity index (χ3n) is 2.24. The number of methoxy groups -OCH3 is 1. The number of esters is 1. The van der Waals surface area contributed by atoms with Crippen LogP contribution in [0.15, 0.2) is 12.2 Å². The minimum absolute atomic E-state index is 0.306. The molecule has 0 aliphatic carbocycles. The predicted molar refractivity (Wildman–Crippen MR) is 50.1 cm³/mol. The van der Waals surface area contributed by atoms with Crippen molar-refractivity contribution >= 4 is 13.0 Å². The van der Waals surface area contributed by atoms with E-state index in [1.54, 1.807) is 11.6 Å². The average Bonchev–Trinajstić information content (AvgIpc) is 2.46. The third kappa shape index (κ3) is 2.11. The van der Waals surface area contributed by atoms with Crippen molar-refractivity contribution < 1.29 is 14.6 Å². The second-order valence-electron chi connectivity index (χ2n) is 3.30. The molecule has 1 fully saturated rings. The fourth-order valence-corrected chi connectivity index (χ4v) is 1.57. The Morgan fingerprint density at radius 2 is 2.46 bits per heavy atom. The molecule has 0 aromatic rings. The van der Waals surface area contributed by atoms with Gasteiger partial charge in [-0.1, -0.05) is 12.2 Å². The van der Waals surface area contributed by atoms with Crippen molar-refractivity contribution in [2.45, 2.75) is 19.3 Å². The molecule has 0 amide bonds. The Morgan fingerprint density at radius 1 is 1.85 bits per heavy atom. The van der Waals surface area contributed by atoms with E-state index in [0.29, 0.717) is 13.0 Å². The first-order chi connectivity index (χ1) is 6.06.